The number of ether oxygens (including phenoxy) is 1. The Morgan fingerprint density at radius 1 is 1.18 bits per heavy atom. The smallest absolute Gasteiger partial charge is 0.257 e. The van der Waals surface area contributed by atoms with E-state index in [-0.39, 0.29) is 40.4 Å². The fraction of sp³-hybridized carbons (Fsp3) is 0.238. The lowest BCUT2D eigenvalue weighted by molar-refractivity contribution is -0.123. The normalized spacial score (nSPS) is 11.0. The average Bonchev–Trinajstić information content (AvgIpc) is 2.66. The largest absolute Gasteiger partial charge is 0.507 e. The second kappa shape index (κ2) is 8.58. The topological polar surface area (TPSA) is 92.0 Å². The summed E-state index contributed by atoms with van der Waals surface area (Å²) in [6.45, 7) is 1.02. The first-order valence-corrected chi connectivity index (χ1v) is 8.84. The highest BCUT2D eigenvalue weighted by molar-refractivity contribution is 5.86. The zero-order chi connectivity index (χ0) is 20.1. The molecule has 1 amide bonds. The lowest BCUT2D eigenvalue weighted by Crippen LogP contribution is -2.34. The molecular weight excluding hydrogens is 360 g/mol. The first-order valence-electron chi connectivity index (χ1n) is 8.84. The van der Waals surface area contributed by atoms with Crippen LogP contribution in [-0.2, 0) is 4.79 Å². The molecule has 0 unspecified atom stereocenters. The van der Waals surface area contributed by atoms with E-state index >= 15 is 0 Å². The summed E-state index contributed by atoms with van der Waals surface area (Å²) in [5.74, 6) is 0.0898. The number of nitrogens with zero attached hydrogens (tertiary/aromatic N) is 1. The number of amides is 1. The Morgan fingerprint density at radius 2 is 1.93 bits per heavy atom. The van der Waals surface area contributed by atoms with Crippen LogP contribution in [0.5, 0.6) is 11.5 Å². The lowest BCUT2D eigenvalue weighted by atomic mass is 10.1. The summed E-state index contributed by atoms with van der Waals surface area (Å²) in [4.78, 5) is 26.2. The van der Waals surface area contributed by atoms with Gasteiger partial charge >= 0.3 is 0 Å². The van der Waals surface area contributed by atoms with Crippen molar-refractivity contribution in [3.8, 4) is 22.8 Å². The number of rotatable bonds is 7. The Balaban J connectivity index is 1.81. The first-order chi connectivity index (χ1) is 13.4. The van der Waals surface area contributed by atoms with Crippen LogP contribution in [-0.4, -0.2) is 49.7 Å². The molecule has 7 nitrogen and oxygen atoms in total. The van der Waals surface area contributed by atoms with Crippen LogP contribution in [0.3, 0.4) is 0 Å². The predicted octanol–water partition coefficient (Wildman–Crippen LogP) is 2.22. The number of hydrogen-bond acceptors (Lipinski definition) is 6. The van der Waals surface area contributed by atoms with Crippen molar-refractivity contribution in [1.29, 1.82) is 0 Å². The number of carbonyl (C=O) groups is 1. The Bertz CT molecular complexity index is 1030. The van der Waals surface area contributed by atoms with Crippen molar-refractivity contribution in [1.82, 2.24) is 10.2 Å². The van der Waals surface area contributed by atoms with E-state index < -0.39 is 0 Å². The molecule has 0 aliphatic heterocycles. The van der Waals surface area contributed by atoms with Crippen LogP contribution in [0, 0.1) is 0 Å². The molecule has 0 spiro atoms. The first kappa shape index (κ1) is 19.4. The molecule has 0 saturated heterocycles. The summed E-state index contributed by atoms with van der Waals surface area (Å²) < 4.78 is 11.3. The molecule has 3 rings (SSSR count). The van der Waals surface area contributed by atoms with Gasteiger partial charge in [-0.1, -0.05) is 30.3 Å². The molecule has 0 fully saturated rings. The van der Waals surface area contributed by atoms with Gasteiger partial charge in [0.2, 0.25) is 0 Å². The Hall–Kier alpha value is -3.32. The minimum atomic E-state index is -0.356. The van der Waals surface area contributed by atoms with Gasteiger partial charge in [-0.15, -0.1) is 0 Å². The second-order valence-electron chi connectivity index (χ2n) is 6.60. The molecule has 7 heteroatoms. The van der Waals surface area contributed by atoms with Crippen molar-refractivity contribution in [3.63, 3.8) is 0 Å². The third-order valence-electron chi connectivity index (χ3n) is 4.09. The highest BCUT2D eigenvalue weighted by Gasteiger charge is 2.13. The zero-order valence-electron chi connectivity index (χ0n) is 15.8. The van der Waals surface area contributed by atoms with Crippen LogP contribution in [0.4, 0.5) is 0 Å². The monoisotopic (exact) mass is 382 g/mol. The Morgan fingerprint density at radius 3 is 2.64 bits per heavy atom. The van der Waals surface area contributed by atoms with Gasteiger partial charge in [0.15, 0.2) is 12.0 Å². The Labute approximate surface area is 162 Å². The van der Waals surface area contributed by atoms with E-state index in [1.54, 1.807) is 0 Å². The highest BCUT2D eigenvalue weighted by Crippen LogP contribution is 2.31. The molecular formula is C21H22N2O5. The van der Waals surface area contributed by atoms with Crippen molar-refractivity contribution >= 4 is 16.9 Å². The number of likely N-dealkylation sites (N-methyl/N-ethyl adjacent to an activating group) is 1. The maximum absolute atomic E-state index is 12.4. The van der Waals surface area contributed by atoms with Crippen LogP contribution in [0.25, 0.3) is 22.3 Å². The van der Waals surface area contributed by atoms with E-state index in [9.17, 15) is 14.7 Å². The zero-order valence-corrected chi connectivity index (χ0v) is 15.8. The molecule has 2 aromatic carbocycles. The quantitative estimate of drug-likeness (QED) is 0.651. The van der Waals surface area contributed by atoms with Crippen LogP contribution < -0.4 is 15.5 Å². The fourth-order valence-corrected chi connectivity index (χ4v) is 2.69. The van der Waals surface area contributed by atoms with Gasteiger partial charge < -0.3 is 24.5 Å². The number of hydrogen-bond donors (Lipinski definition) is 2. The van der Waals surface area contributed by atoms with Gasteiger partial charge in [0, 0.05) is 36.9 Å². The highest BCUT2D eigenvalue weighted by atomic mass is 16.5. The molecule has 0 atom stereocenters. The molecule has 2 N–H and O–H groups in total. The second-order valence-corrected chi connectivity index (χ2v) is 6.60. The van der Waals surface area contributed by atoms with Crippen molar-refractivity contribution < 1.29 is 19.1 Å². The number of phenols is 1. The molecule has 0 aliphatic rings. The van der Waals surface area contributed by atoms with Crippen molar-refractivity contribution in [2.45, 2.75) is 0 Å². The average molecular weight is 382 g/mol. The number of carbonyl (C=O) groups excluding carboxylic acids is 1. The van der Waals surface area contributed by atoms with Gasteiger partial charge in [-0.2, -0.15) is 0 Å². The molecule has 0 bridgehead atoms. The molecule has 28 heavy (non-hydrogen) atoms. The SMILES string of the molecule is CN(C)CCNC(=O)COc1cc(O)c2c(=O)cc(-c3ccccc3)oc2c1. The molecule has 1 aromatic heterocycles. The third-order valence-corrected chi connectivity index (χ3v) is 4.09. The molecule has 3 aromatic rings. The van der Waals surface area contributed by atoms with Crippen LogP contribution >= 0.6 is 0 Å². The number of phenolic OH excluding ortho intramolecular Hbond substituents is 1. The van der Waals surface area contributed by atoms with Gasteiger partial charge in [0.05, 0.1) is 0 Å². The van der Waals surface area contributed by atoms with Crippen molar-refractivity contribution in [2.75, 3.05) is 33.8 Å². The van der Waals surface area contributed by atoms with E-state index in [1.165, 1.54) is 18.2 Å². The minimum Gasteiger partial charge on any atom is -0.507 e. The number of aromatic hydroxyl groups is 1. The predicted molar refractivity (Wildman–Crippen MR) is 107 cm³/mol. The van der Waals surface area contributed by atoms with Crippen molar-refractivity contribution in [2.24, 2.45) is 0 Å². The molecule has 0 aliphatic carbocycles. The fourth-order valence-electron chi connectivity index (χ4n) is 2.69. The van der Waals surface area contributed by atoms with E-state index in [0.29, 0.717) is 12.3 Å². The maximum Gasteiger partial charge on any atom is 0.257 e. The lowest BCUT2D eigenvalue weighted by Gasteiger charge is -2.11. The third kappa shape index (κ3) is 4.69. The number of fused-ring (bicyclic) bond motifs is 1. The summed E-state index contributed by atoms with van der Waals surface area (Å²) in [5.41, 5.74) is 0.576. The summed E-state index contributed by atoms with van der Waals surface area (Å²) in [6, 6.07) is 13.3. The summed E-state index contributed by atoms with van der Waals surface area (Å²) in [7, 11) is 3.83. The summed E-state index contributed by atoms with van der Waals surface area (Å²) >= 11 is 0. The molecule has 146 valence electrons. The van der Waals surface area contributed by atoms with Gasteiger partial charge in [-0.05, 0) is 14.1 Å². The number of benzene rings is 2. The Kier molecular flexibility index (Phi) is 5.96. The van der Waals surface area contributed by atoms with E-state index in [0.717, 1.165) is 12.1 Å². The van der Waals surface area contributed by atoms with Crippen LogP contribution in [0.15, 0.2) is 57.7 Å². The van der Waals surface area contributed by atoms with Gasteiger partial charge in [-0.3, -0.25) is 9.59 Å². The summed E-state index contributed by atoms with van der Waals surface area (Å²) in [6.07, 6.45) is 0. The summed E-state index contributed by atoms with van der Waals surface area (Å²) in [5, 5.41) is 13.0. The van der Waals surface area contributed by atoms with Crippen molar-refractivity contribution in [3.05, 3.63) is 58.8 Å². The minimum absolute atomic E-state index is 0.0717. The van der Waals surface area contributed by atoms with Gasteiger partial charge in [-0.25, -0.2) is 0 Å². The molecule has 0 saturated carbocycles. The van der Waals surface area contributed by atoms with Crippen LogP contribution in [0.2, 0.25) is 0 Å². The van der Waals surface area contributed by atoms with E-state index in [2.05, 4.69) is 5.32 Å². The van der Waals surface area contributed by atoms with Crippen LogP contribution in [0.1, 0.15) is 0 Å². The standard InChI is InChI=1S/C21H22N2O5/c1-23(2)9-8-22-20(26)13-27-15-10-16(24)21-17(25)12-18(28-19(21)11-15)14-6-4-3-5-7-14/h3-7,10-12,24H,8-9,13H2,1-2H3,(H,22,26). The molecule has 0 radical (unpaired) electrons. The van der Waals surface area contributed by atoms with E-state index in [4.69, 9.17) is 9.15 Å². The number of nitrogens with one attached hydrogen (secondary N) is 1. The van der Waals surface area contributed by atoms with Gasteiger partial charge in [0.1, 0.15) is 28.2 Å². The van der Waals surface area contributed by atoms with E-state index in [1.807, 2.05) is 49.3 Å². The maximum atomic E-state index is 12.4. The molecule has 1 heterocycles. The van der Waals surface area contributed by atoms with Gasteiger partial charge in [0.25, 0.3) is 5.91 Å².